The van der Waals surface area contributed by atoms with Gasteiger partial charge >= 0.3 is 0 Å². The lowest BCUT2D eigenvalue weighted by atomic mass is 10.1. The number of pyridine rings is 3. The lowest BCUT2D eigenvalue weighted by molar-refractivity contribution is 0.0818. The van der Waals surface area contributed by atoms with Gasteiger partial charge in [0.15, 0.2) is 0 Å². The Bertz CT molecular complexity index is 1160. The summed E-state index contributed by atoms with van der Waals surface area (Å²) in [5.74, 6) is -0.539. The normalized spacial score (nSPS) is 11.9. The van der Waals surface area contributed by atoms with Gasteiger partial charge in [0.1, 0.15) is 12.4 Å². The number of halogens is 1. The molecule has 0 aromatic carbocycles. The summed E-state index contributed by atoms with van der Waals surface area (Å²) in [5.41, 5.74) is 3.57. The Morgan fingerprint density at radius 3 is 2.67 bits per heavy atom. The van der Waals surface area contributed by atoms with E-state index in [1.165, 1.54) is 6.07 Å². The molecule has 0 bridgehead atoms. The van der Waals surface area contributed by atoms with E-state index >= 15 is 0 Å². The molecule has 4 aromatic rings. The first-order valence-corrected chi connectivity index (χ1v) is 13.6. The average Bonchev–Trinajstić information content (AvgIpc) is 3.09. The minimum atomic E-state index is -1.17. The molecular weight excluding hydrogens is 397 g/mol. The Hall–Kier alpha value is -2.97. The molecule has 0 fully saturated rings. The fourth-order valence-corrected chi connectivity index (χ4v) is 3.86. The van der Waals surface area contributed by atoms with Crippen molar-refractivity contribution in [2.24, 2.45) is 0 Å². The van der Waals surface area contributed by atoms with Crippen molar-refractivity contribution < 1.29 is 9.13 Å². The van der Waals surface area contributed by atoms with Crippen molar-refractivity contribution in [1.29, 1.82) is 0 Å². The first-order chi connectivity index (χ1) is 14.4. The highest BCUT2D eigenvalue weighted by Gasteiger charge is 2.17. The van der Waals surface area contributed by atoms with Crippen molar-refractivity contribution in [2.45, 2.75) is 32.4 Å². The molecule has 0 aliphatic heterocycles. The SMILES string of the molecule is C[Si](C)(C)CCOCn1nc(-c2cccc(F)n2)c2cc(-c3cccnc3)ncc21. The molecule has 30 heavy (non-hydrogen) atoms. The third-order valence-electron chi connectivity index (χ3n) is 4.76. The van der Waals surface area contributed by atoms with E-state index in [2.05, 4.69) is 39.7 Å². The lowest BCUT2D eigenvalue weighted by Gasteiger charge is -2.15. The van der Waals surface area contributed by atoms with Crippen LogP contribution in [0.15, 0.2) is 55.0 Å². The molecular formula is C22H24FN5OSi. The van der Waals surface area contributed by atoms with Crippen LogP contribution >= 0.6 is 0 Å². The van der Waals surface area contributed by atoms with Gasteiger partial charge in [-0.25, -0.2) is 9.67 Å². The number of nitrogens with zero attached hydrogens (tertiary/aromatic N) is 5. The quantitative estimate of drug-likeness (QED) is 0.238. The number of hydrogen-bond acceptors (Lipinski definition) is 5. The lowest BCUT2D eigenvalue weighted by Crippen LogP contribution is -2.22. The molecule has 4 aromatic heterocycles. The summed E-state index contributed by atoms with van der Waals surface area (Å²) >= 11 is 0. The minimum absolute atomic E-state index is 0.310. The molecule has 0 amide bonds. The van der Waals surface area contributed by atoms with Crippen LogP contribution in [0.3, 0.4) is 0 Å². The molecule has 0 N–H and O–H groups in total. The van der Waals surface area contributed by atoms with Gasteiger partial charge in [0, 0.05) is 38.0 Å². The highest BCUT2D eigenvalue weighted by Crippen LogP contribution is 2.29. The summed E-state index contributed by atoms with van der Waals surface area (Å²) in [5, 5.41) is 5.53. The fraction of sp³-hybridized carbons (Fsp3) is 0.273. The smallest absolute Gasteiger partial charge is 0.213 e. The van der Waals surface area contributed by atoms with E-state index in [1.54, 1.807) is 35.4 Å². The van der Waals surface area contributed by atoms with E-state index in [9.17, 15) is 4.39 Å². The predicted octanol–water partition coefficient (Wildman–Crippen LogP) is 5.01. The fourth-order valence-electron chi connectivity index (χ4n) is 3.10. The molecule has 4 heterocycles. The second kappa shape index (κ2) is 8.41. The summed E-state index contributed by atoms with van der Waals surface area (Å²) in [6.07, 6.45) is 5.26. The van der Waals surface area contributed by atoms with E-state index in [0.717, 1.165) is 28.2 Å². The molecule has 4 rings (SSSR count). The minimum Gasteiger partial charge on any atom is -0.360 e. The summed E-state index contributed by atoms with van der Waals surface area (Å²) in [6.45, 7) is 7.95. The van der Waals surface area contributed by atoms with Gasteiger partial charge in [0.25, 0.3) is 0 Å². The molecule has 0 saturated carbocycles. The highest BCUT2D eigenvalue weighted by atomic mass is 28.3. The number of ether oxygens (including phenoxy) is 1. The van der Waals surface area contributed by atoms with Gasteiger partial charge in [-0.3, -0.25) is 9.97 Å². The van der Waals surface area contributed by atoms with Crippen LogP contribution in [-0.2, 0) is 11.5 Å². The number of fused-ring (bicyclic) bond motifs is 1. The zero-order valence-corrected chi connectivity index (χ0v) is 18.3. The largest absolute Gasteiger partial charge is 0.360 e. The molecule has 8 heteroatoms. The maximum absolute atomic E-state index is 13.8. The van der Waals surface area contributed by atoms with Gasteiger partial charge in [-0.05, 0) is 36.4 Å². The van der Waals surface area contributed by atoms with E-state index in [-0.39, 0.29) is 0 Å². The van der Waals surface area contributed by atoms with E-state index in [4.69, 9.17) is 4.74 Å². The van der Waals surface area contributed by atoms with Gasteiger partial charge in [-0.15, -0.1) is 0 Å². The Kier molecular flexibility index (Phi) is 5.69. The van der Waals surface area contributed by atoms with Crippen molar-refractivity contribution >= 4 is 19.0 Å². The van der Waals surface area contributed by atoms with Crippen LogP contribution in [0, 0.1) is 5.95 Å². The highest BCUT2D eigenvalue weighted by molar-refractivity contribution is 6.76. The average molecular weight is 422 g/mol. The molecule has 0 radical (unpaired) electrons. The number of rotatable bonds is 7. The Balaban J connectivity index is 1.73. The molecule has 0 atom stereocenters. The van der Waals surface area contributed by atoms with Crippen molar-refractivity contribution in [3.63, 3.8) is 0 Å². The van der Waals surface area contributed by atoms with Crippen molar-refractivity contribution in [1.82, 2.24) is 24.7 Å². The van der Waals surface area contributed by atoms with E-state index in [0.29, 0.717) is 24.7 Å². The number of aromatic nitrogens is 5. The van der Waals surface area contributed by atoms with Crippen LogP contribution in [-0.4, -0.2) is 39.4 Å². The molecule has 154 valence electrons. The first-order valence-electron chi connectivity index (χ1n) is 9.88. The molecule has 6 nitrogen and oxygen atoms in total. The van der Waals surface area contributed by atoms with E-state index < -0.39 is 14.0 Å². The van der Waals surface area contributed by atoms with Crippen LogP contribution < -0.4 is 0 Å². The van der Waals surface area contributed by atoms with Crippen molar-refractivity contribution in [3.8, 4) is 22.6 Å². The van der Waals surface area contributed by atoms with Crippen LogP contribution in [0.5, 0.6) is 0 Å². The molecule has 0 aliphatic rings. The van der Waals surface area contributed by atoms with Crippen LogP contribution in [0.4, 0.5) is 4.39 Å². The van der Waals surface area contributed by atoms with Gasteiger partial charge in [-0.1, -0.05) is 25.7 Å². The zero-order chi connectivity index (χ0) is 21.1. The maximum Gasteiger partial charge on any atom is 0.213 e. The zero-order valence-electron chi connectivity index (χ0n) is 17.3. The van der Waals surface area contributed by atoms with Crippen molar-refractivity contribution in [2.75, 3.05) is 6.61 Å². The maximum atomic E-state index is 13.8. The van der Waals surface area contributed by atoms with Crippen LogP contribution in [0.2, 0.25) is 25.7 Å². The van der Waals surface area contributed by atoms with Gasteiger partial charge in [0.05, 0.1) is 23.1 Å². The molecule has 0 saturated heterocycles. The second-order valence-corrected chi connectivity index (χ2v) is 14.0. The first kappa shape index (κ1) is 20.3. The molecule has 0 unspecified atom stereocenters. The summed E-state index contributed by atoms with van der Waals surface area (Å²) in [4.78, 5) is 12.8. The topological polar surface area (TPSA) is 65.7 Å². The Morgan fingerprint density at radius 2 is 1.93 bits per heavy atom. The van der Waals surface area contributed by atoms with Gasteiger partial charge in [0.2, 0.25) is 5.95 Å². The van der Waals surface area contributed by atoms with Gasteiger partial charge < -0.3 is 4.74 Å². The van der Waals surface area contributed by atoms with Crippen molar-refractivity contribution in [3.05, 3.63) is 60.9 Å². The van der Waals surface area contributed by atoms with Crippen LogP contribution in [0.25, 0.3) is 33.5 Å². The monoisotopic (exact) mass is 421 g/mol. The second-order valence-electron chi connectivity index (χ2n) is 8.37. The van der Waals surface area contributed by atoms with E-state index in [1.807, 2.05) is 18.2 Å². The summed E-state index contributed by atoms with van der Waals surface area (Å²) in [6, 6.07) is 11.6. The molecule has 0 spiro atoms. The third kappa shape index (κ3) is 4.60. The van der Waals surface area contributed by atoms with Crippen LogP contribution in [0.1, 0.15) is 0 Å². The predicted molar refractivity (Wildman–Crippen MR) is 118 cm³/mol. The summed E-state index contributed by atoms with van der Waals surface area (Å²) in [7, 11) is -1.17. The standard InChI is InChI=1S/C22H24FN5OSi/c1-30(2,3)11-10-29-15-28-20-14-25-19(16-6-5-9-24-13-16)12-17(20)22(27-28)18-7-4-8-21(23)26-18/h4-9,12-14H,10-11,15H2,1-3H3. The number of hydrogen-bond donors (Lipinski definition) is 0. The van der Waals surface area contributed by atoms with Gasteiger partial charge in [-0.2, -0.15) is 9.49 Å². The third-order valence-corrected chi connectivity index (χ3v) is 6.47. The Labute approximate surface area is 175 Å². The molecule has 0 aliphatic carbocycles. The Morgan fingerprint density at radius 1 is 1.07 bits per heavy atom. The summed E-state index contributed by atoms with van der Waals surface area (Å²) < 4.78 is 21.4.